The van der Waals surface area contributed by atoms with Crippen molar-refractivity contribution in [1.82, 2.24) is 4.57 Å². The molecule has 0 saturated heterocycles. The first-order valence-electron chi connectivity index (χ1n) is 11.0. The fourth-order valence-corrected chi connectivity index (χ4v) is 4.81. The molecule has 1 aromatic heterocycles. The number of benzene rings is 5. The van der Waals surface area contributed by atoms with Crippen LogP contribution in [0, 0.1) is 0 Å². The van der Waals surface area contributed by atoms with Gasteiger partial charge in [0.1, 0.15) is 0 Å². The average molecular weight is 445 g/mol. The van der Waals surface area contributed by atoms with E-state index in [-0.39, 0.29) is 0 Å². The normalized spacial score (nSPS) is 11.2. The van der Waals surface area contributed by atoms with Crippen molar-refractivity contribution in [3.63, 3.8) is 0 Å². The molecule has 0 aliphatic heterocycles. The molecule has 0 atom stereocenters. The zero-order valence-corrected chi connectivity index (χ0v) is 18.7. The number of halogens is 1. The van der Waals surface area contributed by atoms with Crippen LogP contribution in [0.1, 0.15) is 0 Å². The van der Waals surface area contributed by atoms with Crippen molar-refractivity contribution in [1.29, 1.82) is 0 Å². The summed E-state index contributed by atoms with van der Waals surface area (Å²) in [4.78, 5) is 2.22. The molecule has 33 heavy (non-hydrogen) atoms. The molecule has 0 N–H and O–H groups in total. The van der Waals surface area contributed by atoms with Crippen LogP contribution in [0.4, 0.5) is 17.1 Å². The Hall–Kier alpha value is -4.01. The highest BCUT2D eigenvalue weighted by Gasteiger charge is 2.18. The monoisotopic (exact) mass is 444 g/mol. The third-order valence-corrected chi connectivity index (χ3v) is 6.36. The summed E-state index contributed by atoms with van der Waals surface area (Å²) in [5.41, 5.74) is 6.57. The first-order chi connectivity index (χ1) is 16.3. The van der Waals surface area contributed by atoms with E-state index >= 15 is 0 Å². The summed E-state index contributed by atoms with van der Waals surface area (Å²) in [6.07, 6.45) is 0. The number of fused-ring (bicyclic) bond motifs is 3. The Morgan fingerprint density at radius 1 is 0.515 bits per heavy atom. The lowest BCUT2D eigenvalue weighted by Crippen LogP contribution is -2.10. The van der Waals surface area contributed by atoms with Crippen LogP contribution in [-0.4, -0.2) is 4.57 Å². The maximum Gasteiger partial charge on any atom is 0.0647 e. The molecule has 0 aliphatic rings. The van der Waals surface area contributed by atoms with Gasteiger partial charge in [-0.2, -0.15) is 0 Å². The SMILES string of the molecule is Clc1ccccc1N(c1ccccc1)c1ccc2c3ccccc3n(-c3ccccc3)c2c1. The molecule has 0 bridgehead atoms. The Morgan fingerprint density at radius 2 is 1.15 bits per heavy atom. The van der Waals surface area contributed by atoms with Gasteiger partial charge in [0.25, 0.3) is 0 Å². The fraction of sp³-hybridized carbons (Fsp3) is 0. The van der Waals surface area contributed by atoms with Crippen LogP contribution in [-0.2, 0) is 0 Å². The molecular weight excluding hydrogens is 424 g/mol. The van der Waals surface area contributed by atoms with Crippen LogP contribution in [0.3, 0.4) is 0 Å². The molecule has 5 aromatic carbocycles. The van der Waals surface area contributed by atoms with Gasteiger partial charge in [-0.25, -0.2) is 0 Å². The van der Waals surface area contributed by atoms with Gasteiger partial charge in [-0.3, -0.25) is 0 Å². The summed E-state index contributed by atoms with van der Waals surface area (Å²) in [6, 6.07) is 44.1. The van der Waals surface area contributed by atoms with Crippen molar-refractivity contribution in [2.75, 3.05) is 4.90 Å². The summed E-state index contributed by atoms with van der Waals surface area (Å²) in [6.45, 7) is 0. The van der Waals surface area contributed by atoms with Crippen molar-refractivity contribution >= 4 is 50.5 Å². The molecule has 2 nitrogen and oxygen atoms in total. The van der Waals surface area contributed by atoms with Gasteiger partial charge in [0.05, 0.1) is 21.7 Å². The zero-order valence-electron chi connectivity index (χ0n) is 17.9. The van der Waals surface area contributed by atoms with E-state index in [0.29, 0.717) is 5.02 Å². The van der Waals surface area contributed by atoms with Crippen LogP contribution < -0.4 is 4.90 Å². The lowest BCUT2D eigenvalue weighted by Gasteiger charge is -2.26. The van der Waals surface area contributed by atoms with Gasteiger partial charge in [-0.1, -0.05) is 84.4 Å². The Kier molecular flexibility index (Phi) is 4.86. The number of nitrogens with zero attached hydrogens (tertiary/aromatic N) is 2. The van der Waals surface area contributed by atoms with E-state index in [1.807, 2.05) is 24.3 Å². The second-order valence-corrected chi connectivity index (χ2v) is 8.42. The predicted octanol–water partition coefficient (Wildman–Crippen LogP) is 8.91. The quantitative estimate of drug-likeness (QED) is 0.263. The molecule has 6 rings (SSSR count). The lowest BCUT2D eigenvalue weighted by atomic mass is 10.1. The molecule has 0 amide bonds. The van der Waals surface area contributed by atoms with E-state index in [0.717, 1.165) is 28.3 Å². The van der Waals surface area contributed by atoms with E-state index < -0.39 is 0 Å². The second-order valence-electron chi connectivity index (χ2n) is 8.01. The van der Waals surface area contributed by atoms with Gasteiger partial charge in [0, 0.05) is 27.8 Å². The predicted molar refractivity (Wildman–Crippen MR) is 140 cm³/mol. The molecule has 0 aliphatic carbocycles. The molecule has 1 heterocycles. The van der Waals surface area contributed by atoms with Gasteiger partial charge < -0.3 is 9.47 Å². The number of rotatable bonds is 4. The van der Waals surface area contributed by atoms with Gasteiger partial charge in [-0.05, 0) is 54.6 Å². The second kappa shape index (κ2) is 8.16. The smallest absolute Gasteiger partial charge is 0.0647 e. The molecule has 0 radical (unpaired) electrons. The van der Waals surface area contributed by atoms with Crippen LogP contribution in [0.5, 0.6) is 0 Å². The number of anilines is 3. The van der Waals surface area contributed by atoms with Crippen LogP contribution in [0.2, 0.25) is 5.02 Å². The zero-order chi connectivity index (χ0) is 22.2. The van der Waals surface area contributed by atoms with E-state index in [4.69, 9.17) is 11.6 Å². The number of aromatic nitrogens is 1. The molecular formula is C30H21ClN2. The van der Waals surface area contributed by atoms with Crippen molar-refractivity contribution in [3.05, 3.63) is 132 Å². The highest BCUT2D eigenvalue weighted by Crippen LogP contribution is 2.41. The molecule has 0 saturated carbocycles. The molecule has 3 heteroatoms. The molecule has 0 fully saturated rings. The molecule has 6 aromatic rings. The average Bonchev–Trinajstić information content (AvgIpc) is 3.20. The van der Waals surface area contributed by atoms with Crippen molar-refractivity contribution in [2.45, 2.75) is 0 Å². The van der Waals surface area contributed by atoms with E-state index in [1.165, 1.54) is 16.3 Å². The maximum absolute atomic E-state index is 6.68. The minimum absolute atomic E-state index is 0.713. The van der Waals surface area contributed by atoms with Crippen molar-refractivity contribution in [3.8, 4) is 5.69 Å². The molecule has 0 spiro atoms. The minimum Gasteiger partial charge on any atom is -0.309 e. The molecule has 0 unspecified atom stereocenters. The summed E-state index contributed by atoms with van der Waals surface area (Å²) in [5, 5.41) is 3.18. The van der Waals surface area contributed by atoms with Crippen molar-refractivity contribution in [2.24, 2.45) is 0 Å². The minimum atomic E-state index is 0.713. The first kappa shape index (κ1) is 19.7. The largest absolute Gasteiger partial charge is 0.309 e. The number of hydrogen-bond acceptors (Lipinski definition) is 1. The molecule has 158 valence electrons. The summed E-state index contributed by atoms with van der Waals surface area (Å²) < 4.78 is 2.34. The Balaban J connectivity index is 1.66. The summed E-state index contributed by atoms with van der Waals surface area (Å²) in [7, 11) is 0. The first-order valence-corrected chi connectivity index (χ1v) is 11.4. The van der Waals surface area contributed by atoms with E-state index in [1.54, 1.807) is 0 Å². The Morgan fingerprint density at radius 3 is 1.94 bits per heavy atom. The van der Waals surface area contributed by atoms with E-state index in [9.17, 15) is 0 Å². The van der Waals surface area contributed by atoms with E-state index in [2.05, 4.69) is 113 Å². The van der Waals surface area contributed by atoms with Crippen LogP contribution >= 0.6 is 11.6 Å². The maximum atomic E-state index is 6.68. The van der Waals surface area contributed by atoms with Crippen LogP contribution in [0.25, 0.3) is 27.5 Å². The van der Waals surface area contributed by atoms with Crippen LogP contribution in [0.15, 0.2) is 127 Å². The Labute approximate surface area is 197 Å². The van der Waals surface area contributed by atoms with Gasteiger partial charge in [0.15, 0.2) is 0 Å². The standard InChI is InChI=1S/C30H21ClN2/c31-27-16-8-10-18-29(27)32(22-11-3-1-4-12-22)24-19-20-26-25-15-7-9-17-28(25)33(30(26)21-24)23-13-5-2-6-14-23/h1-21H. The van der Waals surface area contributed by atoms with Gasteiger partial charge >= 0.3 is 0 Å². The highest BCUT2D eigenvalue weighted by atomic mass is 35.5. The third-order valence-electron chi connectivity index (χ3n) is 6.04. The number of para-hydroxylation sites is 4. The van der Waals surface area contributed by atoms with Gasteiger partial charge in [0.2, 0.25) is 0 Å². The highest BCUT2D eigenvalue weighted by molar-refractivity contribution is 6.33. The fourth-order valence-electron chi connectivity index (χ4n) is 4.59. The van der Waals surface area contributed by atoms with Gasteiger partial charge in [-0.15, -0.1) is 0 Å². The topological polar surface area (TPSA) is 8.17 Å². The Bertz CT molecular complexity index is 1570. The third kappa shape index (κ3) is 3.36. The number of hydrogen-bond donors (Lipinski definition) is 0. The summed E-state index contributed by atoms with van der Waals surface area (Å²) >= 11 is 6.68. The lowest BCUT2D eigenvalue weighted by molar-refractivity contribution is 1.18. The summed E-state index contributed by atoms with van der Waals surface area (Å²) in [5.74, 6) is 0. The van der Waals surface area contributed by atoms with Crippen molar-refractivity contribution < 1.29 is 0 Å².